The van der Waals surface area contributed by atoms with Gasteiger partial charge in [-0.25, -0.2) is 4.79 Å². The van der Waals surface area contributed by atoms with Gasteiger partial charge in [-0.05, 0) is 44.1 Å². The van der Waals surface area contributed by atoms with E-state index in [0.29, 0.717) is 16.7 Å². The lowest BCUT2D eigenvalue weighted by atomic mass is 10.0. The maximum atomic E-state index is 12.7. The second kappa shape index (κ2) is 8.48. The fourth-order valence-corrected chi connectivity index (χ4v) is 2.78. The summed E-state index contributed by atoms with van der Waals surface area (Å²) >= 11 is 0. The number of carbonyl (C=O) groups excluding carboxylic acids is 2. The van der Waals surface area contributed by atoms with Gasteiger partial charge in [-0.2, -0.15) is 0 Å². The number of piperidine rings is 1. The Morgan fingerprint density at radius 2 is 2.08 bits per heavy atom. The fraction of sp³-hybridized carbons (Fsp3) is 0.444. The summed E-state index contributed by atoms with van der Waals surface area (Å²) in [6.45, 7) is 2.00. The lowest BCUT2D eigenvalue weighted by molar-refractivity contribution is 0.0599. The highest BCUT2D eigenvalue weighted by Crippen LogP contribution is 2.17. The molecule has 0 radical (unpaired) electrons. The van der Waals surface area contributed by atoms with Crippen molar-refractivity contribution in [1.82, 2.24) is 10.2 Å². The third-order valence-corrected chi connectivity index (χ3v) is 4.17. The van der Waals surface area contributed by atoms with E-state index in [0.717, 1.165) is 25.9 Å². The van der Waals surface area contributed by atoms with Crippen LogP contribution in [0.5, 0.6) is 0 Å². The minimum Gasteiger partial charge on any atom is -0.465 e. The van der Waals surface area contributed by atoms with Gasteiger partial charge in [-0.1, -0.05) is 11.8 Å². The molecule has 6 heteroatoms. The van der Waals surface area contributed by atoms with Gasteiger partial charge in [0.15, 0.2) is 0 Å². The summed E-state index contributed by atoms with van der Waals surface area (Å²) in [6.07, 6.45) is 1.87. The molecule has 1 saturated heterocycles. The topological polar surface area (TPSA) is 84.7 Å². The first-order chi connectivity index (χ1) is 11.6. The predicted octanol–water partition coefficient (Wildman–Crippen LogP) is 0.607. The van der Waals surface area contributed by atoms with Crippen molar-refractivity contribution in [1.29, 1.82) is 0 Å². The zero-order valence-corrected chi connectivity index (χ0v) is 14.1. The summed E-state index contributed by atoms with van der Waals surface area (Å²) in [6, 6.07) is 5.07. The van der Waals surface area contributed by atoms with E-state index < -0.39 is 5.97 Å². The quantitative estimate of drug-likeness (QED) is 0.627. The van der Waals surface area contributed by atoms with Crippen molar-refractivity contribution in [2.45, 2.75) is 18.9 Å². The van der Waals surface area contributed by atoms with Crippen LogP contribution in [0.1, 0.15) is 39.1 Å². The zero-order chi connectivity index (χ0) is 17.5. The first-order valence-electron chi connectivity index (χ1n) is 7.97. The van der Waals surface area contributed by atoms with Crippen molar-refractivity contribution >= 4 is 11.9 Å². The van der Waals surface area contributed by atoms with Crippen LogP contribution >= 0.6 is 0 Å². The summed E-state index contributed by atoms with van der Waals surface area (Å²) in [5.41, 5.74) is 6.70. The Bertz CT molecular complexity index is 670. The second-order valence-electron chi connectivity index (χ2n) is 5.66. The summed E-state index contributed by atoms with van der Waals surface area (Å²) in [4.78, 5) is 26.3. The molecule has 128 valence electrons. The van der Waals surface area contributed by atoms with E-state index in [1.165, 1.54) is 7.11 Å². The van der Waals surface area contributed by atoms with Crippen LogP contribution in [0.25, 0.3) is 0 Å². The first-order valence-corrected chi connectivity index (χ1v) is 7.97. The van der Waals surface area contributed by atoms with Crippen LogP contribution in [0.4, 0.5) is 0 Å². The molecular formula is C18H23N3O3. The molecule has 1 fully saturated rings. The Labute approximate surface area is 142 Å². The summed E-state index contributed by atoms with van der Waals surface area (Å²) in [5.74, 6) is 5.01. The van der Waals surface area contributed by atoms with Crippen LogP contribution in [0.15, 0.2) is 18.2 Å². The van der Waals surface area contributed by atoms with Crippen molar-refractivity contribution in [2.24, 2.45) is 5.73 Å². The van der Waals surface area contributed by atoms with Crippen LogP contribution in [-0.2, 0) is 4.74 Å². The molecule has 1 heterocycles. The number of methoxy groups -OCH3 is 1. The number of hydrogen-bond donors (Lipinski definition) is 2. The normalized spacial score (nSPS) is 14.5. The molecule has 3 N–H and O–H groups in total. The van der Waals surface area contributed by atoms with Crippen LogP contribution in [0, 0.1) is 11.8 Å². The van der Waals surface area contributed by atoms with Gasteiger partial charge in [0.25, 0.3) is 5.91 Å². The summed E-state index contributed by atoms with van der Waals surface area (Å²) in [7, 11) is 3.13. The molecule has 0 aromatic heterocycles. The number of nitrogens with two attached hydrogens (primary N) is 1. The number of amides is 1. The maximum absolute atomic E-state index is 12.7. The Hall–Kier alpha value is -2.36. The molecule has 1 aromatic carbocycles. The van der Waals surface area contributed by atoms with Crippen LogP contribution in [0.2, 0.25) is 0 Å². The highest BCUT2D eigenvalue weighted by atomic mass is 16.5. The van der Waals surface area contributed by atoms with Gasteiger partial charge in [0.2, 0.25) is 0 Å². The van der Waals surface area contributed by atoms with Crippen molar-refractivity contribution in [3.63, 3.8) is 0 Å². The van der Waals surface area contributed by atoms with Gasteiger partial charge >= 0.3 is 5.97 Å². The van der Waals surface area contributed by atoms with E-state index in [1.54, 1.807) is 23.1 Å². The minimum absolute atomic E-state index is 0.0749. The number of rotatable bonds is 3. The molecule has 1 aliphatic rings. The van der Waals surface area contributed by atoms with E-state index in [1.807, 2.05) is 7.05 Å². The first kappa shape index (κ1) is 18.0. The molecule has 0 saturated carbocycles. The van der Waals surface area contributed by atoms with Crippen molar-refractivity contribution in [2.75, 3.05) is 33.8 Å². The second-order valence-corrected chi connectivity index (χ2v) is 5.66. The number of hydrogen-bond acceptors (Lipinski definition) is 5. The smallest absolute Gasteiger partial charge is 0.339 e. The van der Waals surface area contributed by atoms with Crippen LogP contribution in [0.3, 0.4) is 0 Å². The summed E-state index contributed by atoms with van der Waals surface area (Å²) in [5, 5.41) is 3.29. The number of ether oxygens (including phenoxy) is 1. The molecule has 0 spiro atoms. The van der Waals surface area contributed by atoms with E-state index >= 15 is 0 Å². The monoisotopic (exact) mass is 329 g/mol. The molecule has 24 heavy (non-hydrogen) atoms. The zero-order valence-electron chi connectivity index (χ0n) is 14.1. The van der Waals surface area contributed by atoms with Gasteiger partial charge in [-0.15, -0.1) is 0 Å². The fourth-order valence-electron chi connectivity index (χ4n) is 2.78. The number of nitrogens with one attached hydrogen (secondary N) is 1. The van der Waals surface area contributed by atoms with Gasteiger partial charge in [0.05, 0.1) is 19.2 Å². The number of esters is 1. The lowest BCUT2D eigenvalue weighted by Crippen LogP contribution is -2.44. The number of nitrogens with zero attached hydrogens (tertiary/aromatic N) is 1. The van der Waals surface area contributed by atoms with E-state index in [-0.39, 0.29) is 18.5 Å². The Kier molecular flexibility index (Phi) is 6.36. The molecule has 0 aliphatic carbocycles. The summed E-state index contributed by atoms with van der Waals surface area (Å²) < 4.78 is 4.76. The highest BCUT2D eigenvalue weighted by Gasteiger charge is 2.23. The van der Waals surface area contributed by atoms with Gasteiger partial charge < -0.3 is 20.7 Å². The van der Waals surface area contributed by atoms with Gasteiger partial charge in [-0.3, -0.25) is 4.79 Å². The Balaban J connectivity index is 2.29. The average molecular weight is 329 g/mol. The maximum Gasteiger partial charge on any atom is 0.339 e. The molecule has 0 bridgehead atoms. The van der Waals surface area contributed by atoms with Crippen molar-refractivity contribution < 1.29 is 14.3 Å². The molecular weight excluding hydrogens is 306 g/mol. The highest BCUT2D eigenvalue weighted by molar-refractivity contribution is 5.98. The Morgan fingerprint density at radius 3 is 2.71 bits per heavy atom. The molecule has 6 nitrogen and oxygen atoms in total. The minimum atomic E-state index is -0.484. The van der Waals surface area contributed by atoms with Crippen LogP contribution < -0.4 is 11.1 Å². The molecule has 2 rings (SSSR count). The SMILES string of the molecule is COC(=O)c1ccc(C(=O)N(C)C2CCNCC2)cc1C#CCN. The van der Waals surface area contributed by atoms with Gasteiger partial charge in [0, 0.05) is 24.2 Å². The van der Waals surface area contributed by atoms with Crippen molar-refractivity contribution in [3.05, 3.63) is 34.9 Å². The molecule has 1 amide bonds. The largest absolute Gasteiger partial charge is 0.465 e. The van der Waals surface area contributed by atoms with E-state index in [2.05, 4.69) is 17.2 Å². The van der Waals surface area contributed by atoms with E-state index in [4.69, 9.17) is 10.5 Å². The van der Waals surface area contributed by atoms with Crippen molar-refractivity contribution in [3.8, 4) is 11.8 Å². The molecule has 0 atom stereocenters. The molecule has 1 aliphatic heterocycles. The Morgan fingerprint density at radius 1 is 1.38 bits per heavy atom. The average Bonchev–Trinajstić information content (AvgIpc) is 2.65. The standard InChI is InChI=1S/C18H23N3O3/c1-21(15-7-10-20-11-8-15)17(22)14-5-6-16(18(23)24-2)13(12-14)4-3-9-19/h5-6,12,15,20H,7-11,19H2,1-2H3. The van der Waals surface area contributed by atoms with Crippen LogP contribution in [-0.4, -0.2) is 56.6 Å². The predicted molar refractivity (Wildman–Crippen MR) is 91.7 cm³/mol. The van der Waals surface area contributed by atoms with Gasteiger partial charge in [0.1, 0.15) is 0 Å². The number of benzene rings is 1. The number of carbonyl (C=O) groups is 2. The molecule has 1 aromatic rings. The lowest BCUT2D eigenvalue weighted by Gasteiger charge is -2.31. The third kappa shape index (κ3) is 4.13. The van der Waals surface area contributed by atoms with E-state index in [9.17, 15) is 9.59 Å². The molecule has 0 unspecified atom stereocenters. The third-order valence-electron chi connectivity index (χ3n) is 4.17.